The first-order valence-corrected chi connectivity index (χ1v) is 6.70. The fourth-order valence-electron chi connectivity index (χ4n) is 2.03. The first-order valence-electron chi connectivity index (χ1n) is 6.70. The summed E-state index contributed by atoms with van der Waals surface area (Å²) in [5.41, 5.74) is 0. The van der Waals surface area contributed by atoms with E-state index >= 15 is 0 Å². The molecule has 3 rings (SSSR count). The van der Waals surface area contributed by atoms with Crippen LogP contribution in [0.2, 0.25) is 0 Å². The molecule has 2 unspecified atom stereocenters. The molecule has 0 radical (unpaired) electrons. The van der Waals surface area contributed by atoms with Crippen molar-refractivity contribution in [3.63, 3.8) is 0 Å². The summed E-state index contributed by atoms with van der Waals surface area (Å²) < 4.78 is 17.4. The number of morpholine rings is 1. The van der Waals surface area contributed by atoms with Gasteiger partial charge in [0, 0.05) is 6.54 Å². The SMILES string of the molecule is c1ccc(OC2NCCOC2Oc2ccccc2)cc1. The van der Waals surface area contributed by atoms with Crippen LogP contribution >= 0.6 is 0 Å². The second-order valence-corrected chi connectivity index (χ2v) is 4.48. The van der Waals surface area contributed by atoms with Crippen molar-refractivity contribution in [3.05, 3.63) is 60.7 Å². The van der Waals surface area contributed by atoms with E-state index < -0.39 is 6.29 Å². The van der Waals surface area contributed by atoms with Gasteiger partial charge in [-0.25, -0.2) is 0 Å². The van der Waals surface area contributed by atoms with Gasteiger partial charge in [-0.1, -0.05) is 36.4 Å². The van der Waals surface area contributed by atoms with Gasteiger partial charge >= 0.3 is 0 Å². The molecule has 0 spiro atoms. The van der Waals surface area contributed by atoms with E-state index in [0.717, 1.165) is 18.0 Å². The highest BCUT2D eigenvalue weighted by Gasteiger charge is 2.29. The van der Waals surface area contributed by atoms with Crippen LogP contribution in [0.4, 0.5) is 0 Å². The predicted molar refractivity (Wildman–Crippen MR) is 75.7 cm³/mol. The van der Waals surface area contributed by atoms with Crippen molar-refractivity contribution in [2.24, 2.45) is 0 Å². The molecular formula is C16H17NO3. The highest BCUT2D eigenvalue weighted by Crippen LogP contribution is 2.18. The zero-order valence-corrected chi connectivity index (χ0v) is 11.1. The molecular weight excluding hydrogens is 254 g/mol. The molecule has 1 saturated heterocycles. The lowest BCUT2D eigenvalue weighted by Crippen LogP contribution is -2.54. The van der Waals surface area contributed by atoms with Crippen LogP contribution in [0.5, 0.6) is 11.5 Å². The van der Waals surface area contributed by atoms with Crippen molar-refractivity contribution in [1.82, 2.24) is 5.32 Å². The molecule has 4 heteroatoms. The molecule has 0 aliphatic carbocycles. The second kappa shape index (κ2) is 6.41. The average Bonchev–Trinajstić information content (AvgIpc) is 2.51. The summed E-state index contributed by atoms with van der Waals surface area (Å²) in [7, 11) is 0. The van der Waals surface area contributed by atoms with E-state index in [1.807, 2.05) is 60.7 Å². The van der Waals surface area contributed by atoms with Crippen molar-refractivity contribution in [3.8, 4) is 11.5 Å². The van der Waals surface area contributed by atoms with Gasteiger partial charge < -0.3 is 14.2 Å². The molecule has 1 aliphatic heterocycles. The smallest absolute Gasteiger partial charge is 0.251 e. The van der Waals surface area contributed by atoms with E-state index in [1.54, 1.807) is 0 Å². The van der Waals surface area contributed by atoms with Crippen LogP contribution < -0.4 is 14.8 Å². The Hall–Kier alpha value is -2.04. The van der Waals surface area contributed by atoms with Gasteiger partial charge in [0.1, 0.15) is 11.5 Å². The van der Waals surface area contributed by atoms with E-state index in [9.17, 15) is 0 Å². The number of benzene rings is 2. The number of rotatable bonds is 4. The Morgan fingerprint density at radius 1 is 0.850 bits per heavy atom. The van der Waals surface area contributed by atoms with Crippen molar-refractivity contribution >= 4 is 0 Å². The maximum Gasteiger partial charge on any atom is 0.251 e. The third kappa shape index (κ3) is 3.29. The minimum Gasteiger partial charge on any atom is -0.469 e. The van der Waals surface area contributed by atoms with Gasteiger partial charge in [-0.3, -0.25) is 5.32 Å². The molecule has 1 fully saturated rings. The normalized spacial score (nSPS) is 22.2. The Labute approximate surface area is 118 Å². The zero-order chi connectivity index (χ0) is 13.6. The molecule has 0 bridgehead atoms. The third-order valence-corrected chi connectivity index (χ3v) is 2.98. The van der Waals surface area contributed by atoms with Gasteiger partial charge in [-0.2, -0.15) is 0 Å². The summed E-state index contributed by atoms with van der Waals surface area (Å²) in [5.74, 6) is 1.56. The van der Waals surface area contributed by atoms with Crippen molar-refractivity contribution in [2.45, 2.75) is 12.5 Å². The Kier molecular flexibility index (Phi) is 4.16. The standard InChI is InChI=1S/C16H17NO3/c1-3-7-13(8-4-1)19-15-16(18-12-11-17-15)20-14-9-5-2-6-10-14/h1-10,15-17H,11-12H2. The van der Waals surface area contributed by atoms with Crippen LogP contribution in [-0.4, -0.2) is 25.7 Å². The molecule has 1 heterocycles. The lowest BCUT2D eigenvalue weighted by atomic mass is 10.3. The molecule has 0 aromatic heterocycles. The van der Waals surface area contributed by atoms with Crippen molar-refractivity contribution < 1.29 is 14.2 Å². The molecule has 2 aromatic carbocycles. The highest BCUT2D eigenvalue weighted by atomic mass is 16.7. The predicted octanol–water partition coefficient (Wildman–Crippen LogP) is 2.42. The molecule has 1 aliphatic rings. The summed E-state index contributed by atoms with van der Waals surface area (Å²) in [6.07, 6.45) is -0.794. The van der Waals surface area contributed by atoms with Crippen LogP contribution in [0, 0.1) is 0 Å². The van der Waals surface area contributed by atoms with Crippen molar-refractivity contribution in [2.75, 3.05) is 13.2 Å². The third-order valence-electron chi connectivity index (χ3n) is 2.98. The van der Waals surface area contributed by atoms with Gasteiger partial charge in [0.15, 0.2) is 0 Å². The fourth-order valence-corrected chi connectivity index (χ4v) is 2.03. The molecule has 4 nitrogen and oxygen atoms in total. The lowest BCUT2D eigenvalue weighted by Gasteiger charge is -2.32. The molecule has 0 amide bonds. The Bertz CT molecular complexity index is 468. The molecule has 2 aromatic rings. The van der Waals surface area contributed by atoms with E-state index in [1.165, 1.54) is 0 Å². The van der Waals surface area contributed by atoms with Gasteiger partial charge in [-0.05, 0) is 24.3 Å². The molecule has 1 N–H and O–H groups in total. The number of nitrogens with one attached hydrogen (secondary N) is 1. The van der Waals surface area contributed by atoms with Crippen LogP contribution in [0.25, 0.3) is 0 Å². The Morgan fingerprint density at radius 3 is 2.10 bits per heavy atom. The number of hydrogen-bond acceptors (Lipinski definition) is 4. The molecule has 0 saturated carbocycles. The maximum atomic E-state index is 5.88. The van der Waals surface area contributed by atoms with Crippen LogP contribution in [0.3, 0.4) is 0 Å². The summed E-state index contributed by atoms with van der Waals surface area (Å²) in [6, 6.07) is 19.3. The topological polar surface area (TPSA) is 39.7 Å². The first-order chi connectivity index (χ1) is 9.92. The first kappa shape index (κ1) is 13.0. The summed E-state index contributed by atoms with van der Waals surface area (Å²) in [5, 5.41) is 3.27. The summed E-state index contributed by atoms with van der Waals surface area (Å²) in [4.78, 5) is 0. The number of para-hydroxylation sites is 2. The fraction of sp³-hybridized carbons (Fsp3) is 0.250. The van der Waals surface area contributed by atoms with Gasteiger partial charge in [0.2, 0.25) is 6.23 Å². The highest BCUT2D eigenvalue weighted by molar-refractivity contribution is 5.22. The lowest BCUT2D eigenvalue weighted by molar-refractivity contribution is -0.168. The van der Waals surface area contributed by atoms with Crippen LogP contribution in [0.15, 0.2) is 60.7 Å². The summed E-state index contributed by atoms with van der Waals surface area (Å²) >= 11 is 0. The van der Waals surface area contributed by atoms with E-state index in [2.05, 4.69) is 5.32 Å². The largest absolute Gasteiger partial charge is 0.469 e. The maximum absolute atomic E-state index is 5.88. The quantitative estimate of drug-likeness (QED) is 0.927. The number of ether oxygens (including phenoxy) is 3. The van der Waals surface area contributed by atoms with E-state index in [4.69, 9.17) is 14.2 Å². The summed E-state index contributed by atoms with van der Waals surface area (Å²) in [6.45, 7) is 1.35. The monoisotopic (exact) mass is 271 g/mol. The van der Waals surface area contributed by atoms with Crippen molar-refractivity contribution in [1.29, 1.82) is 0 Å². The van der Waals surface area contributed by atoms with E-state index in [-0.39, 0.29) is 6.23 Å². The van der Waals surface area contributed by atoms with Crippen LogP contribution in [-0.2, 0) is 4.74 Å². The van der Waals surface area contributed by atoms with Gasteiger partial charge in [0.05, 0.1) is 6.61 Å². The molecule has 104 valence electrons. The average molecular weight is 271 g/mol. The van der Waals surface area contributed by atoms with Gasteiger partial charge in [0.25, 0.3) is 6.29 Å². The minimum absolute atomic E-state index is 0.327. The minimum atomic E-state index is -0.466. The van der Waals surface area contributed by atoms with E-state index in [0.29, 0.717) is 6.61 Å². The van der Waals surface area contributed by atoms with Crippen LogP contribution in [0.1, 0.15) is 0 Å². The zero-order valence-electron chi connectivity index (χ0n) is 11.1. The van der Waals surface area contributed by atoms with Gasteiger partial charge in [-0.15, -0.1) is 0 Å². The second-order valence-electron chi connectivity index (χ2n) is 4.48. The molecule has 2 atom stereocenters. The Balaban J connectivity index is 1.68. The Morgan fingerprint density at radius 2 is 1.45 bits per heavy atom. The molecule has 20 heavy (non-hydrogen) atoms. The number of hydrogen-bond donors (Lipinski definition) is 1.